The van der Waals surface area contributed by atoms with Crippen LogP contribution in [-0.4, -0.2) is 12.6 Å². The monoisotopic (exact) mass is 243 g/mol. The highest BCUT2D eigenvalue weighted by Gasteiger charge is 2.31. The molecule has 0 saturated heterocycles. The number of allylic oxidation sites excluding steroid dienone is 1. The Labute approximate surface area is 108 Å². The van der Waals surface area contributed by atoms with Crippen molar-refractivity contribution < 1.29 is 9.53 Å². The smallest absolute Gasteiger partial charge is 0.315 e. The van der Waals surface area contributed by atoms with Crippen molar-refractivity contribution in [2.75, 3.05) is 6.61 Å². The standard InChI is InChI=1S/C15H17NO2/c1-4-18-14(17)15(2,3)13-9-5-7-12(11-13)8-6-10-16/h5-9,11H,4H2,1-3H3. The second kappa shape index (κ2) is 6.02. The van der Waals surface area contributed by atoms with Crippen LogP contribution in [0.15, 0.2) is 30.3 Å². The van der Waals surface area contributed by atoms with Crippen LogP contribution in [0.3, 0.4) is 0 Å². The minimum atomic E-state index is -0.688. The van der Waals surface area contributed by atoms with E-state index in [0.717, 1.165) is 11.1 Å². The number of ether oxygens (including phenoxy) is 1. The van der Waals surface area contributed by atoms with E-state index in [1.54, 1.807) is 13.0 Å². The number of hydrogen-bond donors (Lipinski definition) is 0. The molecular weight excluding hydrogens is 226 g/mol. The largest absolute Gasteiger partial charge is 0.465 e. The van der Waals surface area contributed by atoms with Crippen LogP contribution in [0.1, 0.15) is 31.9 Å². The van der Waals surface area contributed by atoms with Gasteiger partial charge in [-0.15, -0.1) is 0 Å². The first-order chi connectivity index (χ1) is 8.52. The highest BCUT2D eigenvalue weighted by molar-refractivity contribution is 5.82. The zero-order valence-corrected chi connectivity index (χ0v) is 10.9. The second-order valence-electron chi connectivity index (χ2n) is 4.43. The van der Waals surface area contributed by atoms with Crippen molar-refractivity contribution in [1.29, 1.82) is 5.26 Å². The lowest BCUT2D eigenvalue weighted by Gasteiger charge is -2.23. The first kappa shape index (κ1) is 14.0. The van der Waals surface area contributed by atoms with Gasteiger partial charge in [-0.1, -0.05) is 24.3 Å². The summed E-state index contributed by atoms with van der Waals surface area (Å²) in [6.07, 6.45) is 3.13. The molecule has 3 heteroatoms. The number of nitrogens with zero attached hydrogens (tertiary/aromatic N) is 1. The molecule has 0 bridgehead atoms. The van der Waals surface area contributed by atoms with Gasteiger partial charge in [0.1, 0.15) is 0 Å². The van der Waals surface area contributed by atoms with Crippen LogP contribution in [0.25, 0.3) is 6.08 Å². The number of carbonyl (C=O) groups is 1. The summed E-state index contributed by atoms with van der Waals surface area (Å²) in [6, 6.07) is 9.48. The van der Waals surface area contributed by atoms with Crippen molar-refractivity contribution in [2.45, 2.75) is 26.2 Å². The summed E-state index contributed by atoms with van der Waals surface area (Å²) < 4.78 is 5.07. The first-order valence-corrected chi connectivity index (χ1v) is 5.86. The highest BCUT2D eigenvalue weighted by atomic mass is 16.5. The summed E-state index contributed by atoms with van der Waals surface area (Å²) in [7, 11) is 0. The Kier molecular flexibility index (Phi) is 4.67. The van der Waals surface area contributed by atoms with Crippen molar-refractivity contribution >= 4 is 12.0 Å². The molecule has 0 atom stereocenters. The van der Waals surface area contributed by atoms with Gasteiger partial charge in [-0.05, 0) is 38.0 Å². The average Bonchev–Trinajstić information content (AvgIpc) is 2.37. The molecule has 0 unspecified atom stereocenters. The molecule has 18 heavy (non-hydrogen) atoms. The topological polar surface area (TPSA) is 50.1 Å². The van der Waals surface area contributed by atoms with Gasteiger partial charge in [0.2, 0.25) is 0 Å². The Morgan fingerprint density at radius 1 is 1.50 bits per heavy atom. The predicted molar refractivity (Wildman–Crippen MR) is 70.7 cm³/mol. The molecule has 0 aliphatic carbocycles. The van der Waals surface area contributed by atoms with E-state index in [0.29, 0.717) is 6.61 Å². The minimum absolute atomic E-state index is 0.244. The third-order valence-corrected chi connectivity index (χ3v) is 2.74. The lowest BCUT2D eigenvalue weighted by atomic mass is 9.84. The van der Waals surface area contributed by atoms with Crippen LogP contribution in [0.5, 0.6) is 0 Å². The molecule has 94 valence electrons. The van der Waals surface area contributed by atoms with Gasteiger partial charge in [-0.2, -0.15) is 5.26 Å². The molecule has 0 amide bonds. The number of rotatable bonds is 4. The molecule has 0 aromatic heterocycles. The Bertz CT molecular complexity index is 495. The zero-order valence-electron chi connectivity index (χ0n) is 10.9. The highest BCUT2D eigenvalue weighted by Crippen LogP contribution is 2.25. The summed E-state index contributed by atoms with van der Waals surface area (Å²) in [4.78, 5) is 11.9. The van der Waals surface area contributed by atoms with E-state index in [4.69, 9.17) is 10.00 Å². The fraction of sp³-hybridized carbons (Fsp3) is 0.333. The maximum atomic E-state index is 11.9. The van der Waals surface area contributed by atoms with Crippen molar-refractivity contribution in [2.24, 2.45) is 0 Å². The van der Waals surface area contributed by atoms with Gasteiger partial charge in [-0.25, -0.2) is 0 Å². The van der Waals surface area contributed by atoms with Crippen molar-refractivity contribution in [3.8, 4) is 6.07 Å². The van der Waals surface area contributed by atoms with Crippen LogP contribution in [0, 0.1) is 11.3 Å². The third-order valence-electron chi connectivity index (χ3n) is 2.74. The molecular formula is C15H17NO2. The normalized spacial score (nSPS) is 11.2. The van der Waals surface area contributed by atoms with Gasteiger partial charge in [0.15, 0.2) is 0 Å². The summed E-state index contributed by atoms with van der Waals surface area (Å²) in [6.45, 7) is 5.83. The van der Waals surface area contributed by atoms with Gasteiger partial charge >= 0.3 is 5.97 Å². The van der Waals surface area contributed by atoms with Gasteiger partial charge in [0, 0.05) is 6.08 Å². The number of nitriles is 1. The number of benzene rings is 1. The van der Waals surface area contributed by atoms with Crippen molar-refractivity contribution in [3.05, 3.63) is 41.5 Å². The fourth-order valence-corrected chi connectivity index (χ4v) is 1.59. The molecule has 0 N–H and O–H groups in total. The SMILES string of the molecule is CCOC(=O)C(C)(C)c1cccc(C=CC#N)c1. The van der Waals surface area contributed by atoms with Gasteiger partial charge in [0.05, 0.1) is 18.1 Å². The van der Waals surface area contributed by atoms with E-state index in [1.807, 2.05) is 44.2 Å². The average molecular weight is 243 g/mol. The van der Waals surface area contributed by atoms with Gasteiger partial charge in [0.25, 0.3) is 0 Å². The van der Waals surface area contributed by atoms with Gasteiger partial charge < -0.3 is 4.74 Å². The minimum Gasteiger partial charge on any atom is -0.465 e. The first-order valence-electron chi connectivity index (χ1n) is 5.86. The van der Waals surface area contributed by atoms with Crippen LogP contribution in [0.2, 0.25) is 0 Å². The fourth-order valence-electron chi connectivity index (χ4n) is 1.59. The quantitative estimate of drug-likeness (QED) is 0.603. The van der Waals surface area contributed by atoms with E-state index in [9.17, 15) is 4.79 Å². The number of carbonyl (C=O) groups excluding carboxylic acids is 1. The Morgan fingerprint density at radius 2 is 2.22 bits per heavy atom. The molecule has 0 aliphatic heterocycles. The maximum Gasteiger partial charge on any atom is 0.315 e. The summed E-state index contributed by atoms with van der Waals surface area (Å²) in [5.74, 6) is -0.244. The summed E-state index contributed by atoms with van der Waals surface area (Å²) in [5, 5.41) is 8.50. The molecule has 3 nitrogen and oxygen atoms in total. The van der Waals surface area contributed by atoms with E-state index in [2.05, 4.69) is 0 Å². The second-order valence-corrected chi connectivity index (χ2v) is 4.43. The number of hydrogen-bond acceptors (Lipinski definition) is 3. The molecule has 0 fully saturated rings. The molecule has 0 heterocycles. The van der Waals surface area contributed by atoms with E-state index in [-0.39, 0.29) is 5.97 Å². The maximum absolute atomic E-state index is 11.9. The Balaban J connectivity index is 3.06. The lowest BCUT2D eigenvalue weighted by molar-refractivity contribution is -0.148. The molecule has 0 aliphatic rings. The molecule has 0 spiro atoms. The molecule has 0 saturated carbocycles. The predicted octanol–water partition coefficient (Wildman–Crippen LogP) is 3.06. The molecule has 1 rings (SSSR count). The Hall–Kier alpha value is -2.08. The molecule has 1 aromatic rings. The van der Waals surface area contributed by atoms with E-state index < -0.39 is 5.41 Å². The third kappa shape index (κ3) is 3.21. The summed E-state index contributed by atoms with van der Waals surface area (Å²) >= 11 is 0. The number of esters is 1. The lowest BCUT2D eigenvalue weighted by Crippen LogP contribution is -2.31. The van der Waals surface area contributed by atoms with Crippen molar-refractivity contribution in [3.63, 3.8) is 0 Å². The molecule has 1 aromatic carbocycles. The van der Waals surface area contributed by atoms with Gasteiger partial charge in [-0.3, -0.25) is 4.79 Å². The van der Waals surface area contributed by atoms with E-state index >= 15 is 0 Å². The van der Waals surface area contributed by atoms with Crippen molar-refractivity contribution in [1.82, 2.24) is 0 Å². The molecule has 0 radical (unpaired) electrons. The van der Waals surface area contributed by atoms with Crippen LogP contribution in [0.4, 0.5) is 0 Å². The van der Waals surface area contributed by atoms with Crippen LogP contribution < -0.4 is 0 Å². The van der Waals surface area contributed by atoms with Crippen LogP contribution >= 0.6 is 0 Å². The van der Waals surface area contributed by atoms with E-state index in [1.165, 1.54) is 6.08 Å². The Morgan fingerprint density at radius 3 is 2.83 bits per heavy atom. The summed E-state index contributed by atoms with van der Waals surface area (Å²) in [5.41, 5.74) is 1.08. The zero-order chi connectivity index (χ0) is 13.6. The van der Waals surface area contributed by atoms with Crippen LogP contribution in [-0.2, 0) is 14.9 Å².